The van der Waals surface area contributed by atoms with Crippen LogP contribution in [-0.4, -0.2) is 49.2 Å². The molecule has 1 unspecified atom stereocenters. The maximum Gasteiger partial charge on any atom is 0.697 e. The summed E-state index contributed by atoms with van der Waals surface area (Å²) >= 11 is 0. The average molecular weight is 668 g/mol. The highest BCUT2D eigenvalue weighted by Gasteiger charge is 2.31. The Hall–Kier alpha value is -4.64. The van der Waals surface area contributed by atoms with E-state index >= 15 is 0 Å². The fourth-order valence-corrected chi connectivity index (χ4v) is 4.60. The summed E-state index contributed by atoms with van der Waals surface area (Å²) in [6.07, 6.45) is 0.145. The summed E-state index contributed by atoms with van der Waals surface area (Å²) in [5.41, 5.74) is 2.20. The van der Waals surface area contributed by atoms with Crippen molar-refractivity contribution in [3.63, 3.8) is 0 Å². The molecule has 0 fully saturated rings. The van der Waals surface area contributed by atoms with Crippen LogP contribution in [0.15, 0.2) is 91.0 Å². The second kappa shape index (κ2) is 21.2. The molecule has 0 aliphatic carbocycles. The van der Waals surface area contributed by atoms with Gasteiger partial charge in [-0.2, -0.15) is 0 Å². The van der Waals surface area contributed by atoms with Crippen molar-refractivity contribution < 1.29 is 47.0 Å². The first-order valence-corrected chi connectivity index (χ1v) is 16.3. The highest BCUT2D eigenvalue weighted by atomic mass is 31.1. The van der Waals surface area contributed by atoms with Crippen LogP contribution < -0.4 is 10.6 Å². The summed E-state index contributed by atoms with van der Waals surface area (Å²) in [5, 5.41) is 4.98. The van der Waals surface area contributed by atoms with E-state index in [1.807, 2.05) is 25.1 Å². The maximum atomic E-state index is 13.0. The lowest BCUT2D eigenvalue weighted by Crippen LogP contribution is -2.46. The molecule has 2 amide bonds. The first kappa shape index (κ1) is 36.8. The number of hydrogen-bond donors (Lipinski definition) is 2. The molecule has 0 aliphatic heterocycles. The van der Waals surface area contributed by atoms with E-state index in [0.29, 0.717) is 6.42 Å². The molecular formula is C34H40N2O10P+. The summed E-state index contributed by atoms with van der Waals surface area (Å²) in [6, 6.07) is 24.3. The molecule has 3 aromatic carbocycles. The lowest BCUT2D eigenvalue weighted by atomic mass is 10.1. The smallest absolute Gasteiger partial charge is 0.459 e. The lowest BCUT2D eigenvalue weighted by Gasteiger charge is -2.19. The zero-order valence-corrected chi connectivity index (χ0v) is 27.1. The zero-order chi connectivity index (χ0) is 33.7. The minimum absolute atomic E-state index is 0.0316. The largest absolute Gasteiger partial charge is 0.697 e. The number of rotatable bonds is 20. The fourth-order valence-electron chi connectivity index (χ4n) is 3.98. The van der Waals surface area contributed by atoms with E-state index in [1.165, 1.54) is 0 Å². The number of hydrogen-bond acceptors (Lipinski definition) is 10. The third-order valence-corrected chi connectivity index (χ3v) is 7.31. The van der Waals surface area contributed by atoms with E-state index in [0.717, 1.165) is 23.1 Å². The number of carbonyl (C=O) groups is 4. The average Bonchev–Trinajstić information content (AvgIpc) is 3.10. The molecule has 0 saturated heterocycles. The van der Waals surface area contributed by atoms with Crippen molar-refractivity contribution in [2.45, 2.75) is 64.5 Å². The van der Waals surface area contributed by atoms with Gasteiger partial charge in [-0.3, -0.25) is 4.79 Å². The van der Waals surface area contributed by atoms with Gasteiger partial charge in [0.1, 0.15) is 39.1 Å². The van der Waals surface area contributed by atoms with E-state index in [1.54, 1.807) is 72.8 Å². The number of carbonyl (C=O) groups excluding carboxylic acids is 4. The van der Waals surface area contributed by atoms with Gasteiger partial charge in [-0.1, -0.05) is 104 Å². The molecule has 0 aromatic heterocycles. The Balaban J connectivity index is 1.61. The van der Waals surface area contributed by atoms with Crippen LogP contribution in [0.3, 0.4) is 0 Å². The Morgan fingerprint density at radius 3 is 1.66 bits per heavy atom. The SMILES string of the molecule is CCCCO[P+](=O)OC[C@H](NC(=O)CC[C@H](NC(=O)OCc1ccccc1)C(=O)OCc1ccccc1)C(=O)OCc1ccccc1. The molecule has 3 aromatic rings. The van der Waals surface area contributed by atoms with Gasteiger partial charge in [0.15, 0.2) is 6.04 Å². The Morgan fingerprint density at radius 2 is 1.15 bits per heavy atom. The number of benzene rings is 3. The van der Waals surface area contributed by atoms with Crippen LogP contribution in [-0.2, 0) is 62.0 Å². The van der Waals surface area contributed by atoms with Crippen molar-refractivity contribution in [3.8, 4) is 0 Å². The monoisotopic (exact) mass is 667 g/mol. The molecule has 2 N–H and O–H groups in total. The number of amides is 2. The van der Waals surface area contributed by atoms with Crippen molar-refractivity contribution in [3.05, 3.63) is 108 Å². The normalized spacial score (nSPS) is 12.2. The van der Waals surface area contributed by atoms with Crippen molar-refractivity contribution in [1.29, 1.82) is 0 Å². The summed E-state index contributed by atoms with van der Waals surface area (Å²) in [7, 11) is -2.54. The fraction of sp³-hybridized carbons (Fsp3) is 0.353. The number of alkyl carbamates (subject to hydrolysis) is 1. The number of unbranched alkanes of at least 4 members (excludes halogenated alkanes) is 1. The molecule has 0 spiro atoms. The van der Waals surface area contributed by atoms with Gasteiger partial charge in [-0.15, -0.1) is 9.05 Å². The quantitative estimate of drug-likeness (QED) is 0.0681. The van der Waals surface area contributed by atoms with Gasteiger partial charge in [0.2, 0.25) is 5.91 Å². The zero-order valence-electron chi connectivity index (χ0n) is 26.2. The van der Waals surface area contributed by atoms with Gasteiger partial charge < -0.3 is 24.8 Å². The van der Waals surface area contributed by atoms with Crippen LogP contribution in [0.1, 0.15) is 49.3 Å². The van der Waals surface area contributed by atoms with E-state index in [9.17, 15) is 23.7 Å². The second-order valence-electron chi connectivity index (χ2n) is 10.3. The Kier molecular flexibility index (Phi) is 16.6. The molecule has 0 saturated carbocycles. The van der Waals surface area contributed by atoms with E-state index in [2.05, 4.69) is 10.6 Å². The van der Waals surface area contributed by atoms with Crippen LogP contribution in [0.4, 0.5) is 4.79 Å². The number of esters is 2. The molecule has 0 radical (unpaired) electrons. The third-order valence-electron chi connectivity index (χ3n) is 6.56. The van der Waals surface area contributed by atoms with Crippen LogP contribution in [0, 0.1) is 0 Å². The first-order valence-electron chi connectivity index (χ1n) is 15.2. The van der Waals surface area contributed by atoms with E-state index in [-0.39, 0.29) is 39.3 Å². The Bertz CT molecular complexity index is 1410. The van der Waals surface area contributed by atoms with E-state index < -0.39 is 50.9 Å². The number of nitrogens with one attached hydrogen (secondary N) is 2. The summed E-state index contributed by atoms with van der Waals surface area (Å²) in [6.45, 7) is 1.54. The minimum atomic E-state index is -2.54. The van der Waals surface area contributed by atoms with Crippen molar-refractivity contribution in [2.75, 3.05) is 13.2 Å². The van der Waals surface area contributed by atoms with Gasteiger partial charge in [-0.05, 0) is 29.5 Å². The predicted molar refractivity (Wildman–Crippen MR) is 172 cm³/mol. The van der Waals surface area contributed by atoms with Gasteiger partial charge in [0, 0.05) is 11.0 Å². The molecule has 3 atom stereocenters. The lowest BCUT2D eigenvalue weighted by molar-refractivity contribution is -0.150. The Morgan fingerprint density at radius 1 is 0.660 bits per heavy atom. The number of ether oxygens (including phenoxy) is 3. The molecule has 0 heterocycles. The minimum Gasteiger partial charge on any atom is -0.459 e. The second-order valence-corrected chi connectivity index (χ2v) is 11.3. The van der Waals surface area contributed by atoms with Gasteiger partial charge in [0.05, 0.1) is 0 Å². The molecule has 3 rings (SSSR count). The first-order chi connectivity index (χ1) is 22.8. The predicted octanol–water partition coefficient (Wildman–Crippen LogP) is 5.52. The highest BCUT2D eigenvalue weighted by molar-refractivity contribution is 7.33. The summed E-state index contributed by atoms with van der Waals surface area (Å²) in [4.78, 5) is 51.5. The third kappa shape index (κ3) is 15.0. The van der Waals surface area contributed by atoms with Crippen molar-refractivity contribution in [2.24, 2.45) is 0 Å². The highest BCUT2D eigenvalue weighted by Crippen LogP contribution is 2.24. The summed E-state index contributed by atoms with van der Waals surface area (Å²) < 4.78 is 38.5. The molecule has 0 bridgehead atoms. The van der Waals surface area contributed by atoms with Crippen LogP contribution in [0.5, 0.6) is 0 Å². The van der Waals surface area contributed by atoms with Gasteiger partial charge >= 0.3 is 26.3 Å². The topological polar surface area (TPSA) is 156 Å². The van der Waals surface area contributed by atoms with E-state index in [4.69, 9.17) is 23.3 Å². The molecule has 250 valence electrons. The molecular weight excluding hydrogens is 627 g/mol. The van der Waals surface area contributed by atoms with Gasteiger partial charge in [0.25, 0.3) is 0 Å². The standard InChI is InChI=1S/C34H39N2O10P/c1-2-3-21-45-47(41)46-25-30(33(39)43-23-27-15-9-5-10-16-27)35-31(37)20-19-29(32(38)42-22-26-13-7-4-8-14-26)36-34(40)44-24-28-17-11-6-12-18-28/h4-18,29-30H,2-3,19-25H2,1H3,(H-,35,36,37,40)/p+1/t29-,30-/m0/s1. The van der Waals surface area contributed by atoms with Gasteiger partial charge in [-0.25, -0.2) is 14.4 Å². The maximum absolute atomic E-state index is 13.0. The molecule has 47 heavy (non-hydrogen) atoms. The summed E-state index contributed by atoms with van der Waals surface area (Å²) in [5.74, 6) is -2.25. The van der Waals surface area contributed by atoms with Crippen LogP contribution >= 0.6 is 8.25 Å². The molecule has 13 heteroatoms. The van der Waals surface area contributed by atoms with Crippen LogP contribution in [0.25, 0.3) is 0 Å². The van der Waals surface area contributed by atoms with Crippen molar-refractivity contribution in [1.82, 2.24) is 10.6 Å². The van der Waals surface area contributed by atoms with Crippen LogP contribution in [0.2, 0.25) is 0 Å². The molecule has 12 nitrogen and oxygen atoms in total. The molecule has 0 aliphatic rings. The van der Waals surface area contributed by atoms with Crippen molar-refractivity contribution >= 4 is 32.2 Å². The Labute approximate surface area is 275 Å².